The summed E-state index contributed by atoms with van der Waals surface area (Å²) in [7, 11) is 6.12. The van der Waals surface area contributed by atoms with Gasteiger partial charge < -0.3 is 24.0 Å². The standard InChI is InChI=1S/C28H26N2O2.C6H12N4O2/c31-28(20-8-3-1-4-9-20)29-17-14-22-23-12-7-13-24-26(32-21-10-5-2-6-11-21)16-19-30(27(23)24)25(22)15-18-29;1-9(2)5(11)7-8-6(12)10(3)4/h1-13,26H,14-19H2;1-4H3. The second-order valence-electron chi connectivity index (χ2n) is 11.2. The van der Waals surface area contributed by atoms with Gasteiger partial charge in [0.1, 0.15) is 11.9 Å². The van der Waals surface area contributed by atoms with Crippen LogP contribution in [-0.2, 0) is 19.4 Å². The molecule has 2 aliphatic rings. The number of urea groups is 2. The molecule has 44 heavy (non-hydrogen) atoms. The Kier molecular flexibility index (Phi) is 9.38. The normalized spacial score (nSPS) is 15.5. The molecule has 4 aromatic rings. The summed E-state index contributed by atoms with van der Waals surface area (Å²) < 4.78 is 8.89. The Morgan fingerprint density at radius 1 is 0.750 bits per heavy atom. The number of amides is 5. The first kappa shape index (κ1) is 30.5. The molecule has 0 radical (unpaired) electrons. The van der Waals surface area contributed by atoms with E-state index >= 15 is 0 Å². The average Bonchev–Trinajstić information content (AvgIpc) is 3.18. The molecule has 3 aromatic carbocycles. The fourth-order valence-electron chi connectivity index (χ4n) is 5.65. The van der Waals surface area contributed by atoms with Crippen LogP contribution >= 0.6 is 0 Å². The number of nitrogens with zero attached hydrogens (tertiary/aromatic N) is 6. The predicted molar refractivity (Wildman–Crippen MR) is 169 cm³/mol. The highest BCUT2D eigenvalue weighted by Gasteiger charge is 2.30. The molecule has 0 aliphatic carbocycles. The second kappa shape index (κ2) is 13.5. The number of aromatic nitrogens is 1. The molecular formula is C34H38N6O4. The lowest BCUT2D eigenvalue weighted by molar-refractivity contribution is 0.0762. The molecule has 228 valence electrons. The van der Waals surface area contributed by atoms with Gasteiger partial charge in [-0.2, -0.15) is 0 Å². The van der Waals surface area contributed by atoms with Crippen molar-refractivity contribution in [3.8, 4) is 5.75 Å². The van der Waals surface area contributed by atoms with Crippen molar-refractivity contribution in [1.82, 2.24) is 19.3 Å². The Hall–Kier alpha value is -4.99. The van der Waals surface area contributed by atoms with Crippen LogP contribution in [0.1, 0.15) is 39.7 Å². The quantitative estimate of drug-likeness (QED) is 0.263. The number of azo groups is 1. The summed E-state index contributed by atoms with van der Waals surface area (Å²) >= 11 is 0. The summed E-state index contributed by atoms with van der Waals surface area (Å²) in [5.41, 5.74) is 6.19. The zero-order chi connectivity index (χ0) is 31.2. The van der Waals surface area contributed by atoms with Gasteiger partial charge in [0.05, 0.1) is 5.52 Å². The largest absolute Gasteiger partial charge is 0.486 e. The third kappa shape index (κ3) is 6.64. The van der Waals surface area contributed by atoms with Crippen LogP contribution in [-0.4, -0.2) is 78.5 Å². The van der Waals surface area contributed by atoms with Gasteiger partial charge in [-0.25, -0.2) is 9.59 Å². The van der Waals surface area contributed by atoms with Gasteiger partial charge in [0, 0.05) is 82.9 Å². The summed E-state index contributed by atoms with van der Waals surface area (Å²) in [4.78, 5) is 39.0. The highest BCUT2D eigenvalue weighted by Crippen LogP contribution is 2.40. The van der Waals surface area contributed by atoms with Gasteiger partial charge in [-0.3, -0.25) is 4.79 Å². The van der Waals surface area contributed by atoms with Crippen molar-refractivity contribution in [2.24, 2.45) is 10.2 Å². The van der Waals surface area contributed by atoms with Crippen LogP contribution in [0.15, 0.2) is 89.1 Å². The van der Waals surface area contributed by atoms with Crippen LogP contribution in [0.2, 0.25) is 0 Å². The van der Waals surface area contributed by atoms with E-state index in [1.807, 2.05) is 65.6 Å². The first-order valence-electron chi connectivity index (χ1n) is 14.8. The van der Waals surface area contributed by atoms with Crippen molar-refractivity contribution in [2.75, 3.05) is 41.3 Å². The highest BCUT2D eigenvalue weighted by atomic mass is 16.5. The van der Waals surface area contributed by atoms with E-state index in [0.29, 0.717) is 0 Å². The molecule has 2 aliphatic heterocycles. The number of fused-ring (bicyclic) bond motifs is 3. The zero-order valence-electron chi connectivity index (χ0n) is 25.6. The van der Waals surface area contributed by atoms with E-state index in [-0.39, 0.29) is 12.0 Å². The first-order valence-corrected chi connectivity index (χ1v) is 14.8. The number of hydrogen-bond acceptors (Lipinski definition) is 4. The van der Waals surface area contributed by atoms with E-state index in [9.17, 15) is 14.4 Å². The number of carbonyl (C=O) groups is 3. The number of rotatable bonds is 3. The van der Waals surface area contributed by atoms with E-state index in [2.05, 4.69) is 33.0 Å². The van der Waals surface area contributed by atoms with Crippen LogP contribution in [0.4, 0.5) is 9.59 Å². The lowest BCUT2D eigenvalue weighted by Crippen LogP contribution is -2.33. The Bertz CT molecular complexity index is 1640. The SMILES string of the molecule is CN(C)C(=O)N=NC(=O)N(C)C.O=C(c1ccccc1)N1CCc2c(n3c4c(cccc24)C(Oc2ccccc2)CC3)CC1. The fraction of sp³-hybridized carbons (Fsp3) is 0.324. The molecule has 1 aromatic heterocycles. The minimum Gasteiger partial charge on any atom is -0.486 e. The molecule has 0 saturated carbocycles. The molecule has 5 amide bonds. The Morgan fingerprint density at radius 3 is 2.00 bits per heavy atom. The molecule has 0 N–H and O–H groups in total. The second-order valence-corrected chi connectivity index (χ2v) is 11.2. The van der Waals surface area contributed by atoms with Crippen LogP contribution in [0.25, 0.3) is 10.9 Å². The van der Waals surface area contributed by atoms with Crippen molar-refractivity contribution in [3.63, 3.8) is 0 Å². The van der Waals surface area contributed by atoms with E-state index in [0.717, 1.165) is 50.2 Å². The van der Waals surface area contributed by atoms with Crippen molar-refractivity contribution >= 4 is 28.9 Å². The van der Waals surface area contributed by atoms with Gasteiger partial charge in [-0.15, -0.1) is 0 Å². The molecule has 3 heterocycles. The lowest BCUT2D eigenvalue weighted by atomic mass is 9.99. The van der Waals surface area contributed by atoms with Crippen molar-refractivity contribution in [2.45, 2.75) is 31.9 Å². The average molecular weight is 595 g/mol. The third-order valence-corrected chi connectivity index (χ3v) is 7.86. The Labute approximate surface area is 257 Å². The molecule has 1 atom stereocenters. The molecule has 0 bridgehead atoms. The summed E-state index contributed by atoms with van der Waals surface area (Å²) in [6.07, 6.45) is 2.81. The lowest BCUT2D eigenvalue weighted by Gasteiger charge is -2.27. The van der Waals surface area contributed by atoms with Gasteiger partial charge >= 0.3 is 12.1 Å². The maximum absolute atomic E-state index is 13.0. The fourth-order valence-corrected chi connectivity index (χ4v) is 5.65. The molecule has 0 fully saturated rings. The summed E-state index contributed by atoms with van der Waals surface area (Å²) in [6.45, 7) is 2.47. The van der Waals surface area contributed by atoms with Crippen LogP contribution in [0.5, 0.6) is 5.75 Å². The topological polar surface area (TPSA) is 99.8 Å². The van der Waals surface area contributed by atoms with Gasteiger partial charge in [0.15, 0.2) is 0 Å². The smallest absolute Gasteiger partial charge is 0.361 e. The molecule has 1 unspecified atom stereocenters. The summed E-state index contributed by atoms with van der Waals surface area (Å²) in [5, 5.41) is 7.66. The number of aryl methyl sites for hydroxylation is 1. The minimum absolute atomic E-state index is 0.0725. The number of para-hydroxylation sites is 2. The molecular weight excluding hydrogens is 556 g/mol. The monoisotopic (exact) mass is 594 g/mol. The zero-order valence-corrected chi connectivity index (χ0v) is 25.6. The van der Waals surface area contributed by atoms with Crippen LogP contribution < -0.4 is 4.74 Å². The summed E-state index contributed by atoms with van der Waals surface area (Å²) in [6, 6.07) is 25.3. The molecule has 6 rings (SSSR count). The Balaban J connectivity index is 0.000000274. The number of ether oxygens (including phenoxy) is 1. The van der Waals surface area contributed by atoms with Crippen molar-refractivity contribution in [1.29, 1.82) is 0 Å². The number of carbonyl (C=O) groups excluding carboxylic acids is 3. The van der Waals surface area contributed by atoms with E-state index < -0.39 is 12.1 Å². The number of hydrogen-bond donors (Lipinski definition) is 0. The Morgan fingerprint density at radius 2 is 1.36 bits per heavy atom. The number of benzene rings is 3. The molecule has 10 nitrogen and oxygen atoms in total. The molecule has 0 saturated heterocycles. The van der Waals surface area contributed by atoms with Crippen molar-refractivity contribution < 1.29 is 19.1 Å². The van der Waals surface area contributed by atoms with E-state index in [1.165, 1.54) is 65.7 Å². The van der Waals surface area contributed by atoms with Gasteiger partial charge in [-0.05, 0) is 36.2 Å². The van der Waals surface area contributed by atoms with E-state index in [4.69, 9.17) is 4.74 Å². The van der Waals surface area contributed by atoms with Gasteiger partial charge in [0.25, 0.3) is 5.91 Å². The van der Waals surface area contributed by atoms with E-state index in [1.54, 1.807) is 0 Å². The maximum atomic E-state index is 13.0. The summed E-state index contributed by atoms with van der Waals surface area (Å²) in [5.74, 6) is 1.06. The molecule has 0 spiro atoms. The van der Waals surface area contributed by atoms with Crippen molar-refractivity contribution in [3.05, 3.63) is 101 Å². The third-order valence-electron chi connectivity index (χ3n) is 7.86. The first-order chi connectivity index (χ1) is 21.2. The maximum Gasteiger partial charge on any atom is 0.361 e. The van der Waals surface area contributed by atoms with Crippen LogP contribution in [0.3, 0.4) is 0 Å². The highest BCUT2D eigenvalue weighted by molar-refractivity contribution is 5.94. The van der Waals surface area contributed by atoms with Gasteiger partial charge in [0.2, 0.25) is 0 Å². The predicted octanol–water partition coefficient (Wildman–Crippen LogP) is 6.21. The molecule has 10 heteroatoms. The minimum atomic E-state index is -0.551. The van der Waals surface area contributed by atoms with Gasteiger partial charge in [-0.1, -0.05) is 64.8 Å². The van der Waals surface area contributed by atoms with Crippen LogP contribution in [0, 0.1) is 0 Å².